The molecular weight excluding hydrogens is 528 g/mol. The van der Waals surface area contributed by atoms with E-state index >= 15 is 0 Å². The second-order valence-corrected chi connectivity index (χ2v) is 12.0. The standard InChI is InChI=1S/C44H30/c1-2-12-29-21-23-31(24-22-29)33-26-25-32(30-13-4-3-5-14-30)37-27-39-36-17-8-11-20-42(36)44(43(39)28-38(33)37)40-18-9-6-15-34(40)35-16-7-10-19-41(35)44/h2-28H,1H3/b12-2+. The van der Waals surface area contributed by atoms with Crippen molar-refractivity contribution in [2.24, 2.45) is 0 Å². The molecule has 0 atom stereocenters. The SMILES string of the molecule is C/C=C/c1ccc(-c2ccc(-c3ccccc3)c3cc4c(cc23)C2(c3ccccc3-c3ccccc32)c2ccccc2-4)cc1. The van der Waals surface area contributed by atoms with Crippen molar-refractivity contribution in [1.82, 2.24) is 0 Å². The van der Waals surface area contributed by atoms with Gasteiger partial charge in [0.15, 0.2) is 0 Å². The van der Waals surface area contributed by atoms with Crippen LogP contribution in [0.25, 0.3) is 61.4 Å². The maximum Gasteiger partial charge on any atom is 0.0725 e. The topological polar surface area (TPSA) is 0 Å². The van der Waals surface area contributed by atoms with Crippen LogP contribution in [-0.2, 0) is 5.41 Å². The third-order valence-electron chi connectivity index (χ3n) is 9.80. The van der Waals surface area contributed by atoms with Crippen molar-refractivity contribution in [2.45, 2.75) is 12.3 Å². The van der Waals surface area contributed by atoms with E-state index in [4.69, 9.17) is 0 Å². The Kier molecular flexibility index (Phi) is 5.43. The van der Waals surface area contributed by atoms with E-state index in [9.17, 15) is 0 Å². The Bertz CT molecular complexity index is 2220. The van der Waals surface area contributed by atoms with Crippen LogP contribution >= 0.6 is 0 Å². The molecule has 2 aliphatic carbocycles. The van der Waals surface area contributed by atoms with E-state index in [2.05, 4.69) is 171 Å². The molecule has 0 heteroatoms. The molecule has 7 aromatic carbocycles. The molecule has 7 aromatic rings. The summed E-state index contributed by atoms with van der Waals surface area (Å²) in [6.45, 7) is 2.07. The lowest BCUT2D eigenvalue weighted by atomic mass is 9.70. The minimum absolute atomic E-state index is 0.358. The van der Waals surface area contributed by atoms with Crippen LogP contribution in [-0.4, -0.2) is 0 Å². The predicted molar refractivity (Wildman–Crippen MR) is 186 cm³/mol. The summed E-state index contributed by atoms with van der Waals surface area (Å²) in [5.74, 6) is 0. The van der Waals surface area contributed by atoms with Crippen molar-refractivity contribution in [2.75, 3.05) is 0 Å². The molecular formula is C44H30. The molecule has 2 aliphatic rings. The van der Waals surface area contributed by atoms with E-state index in [-0.39, 0.29) is 5.41 Å². The monoisotopic (exact) mass is 558 g/mol. The summed E-state index contributed by atoms with van der Waals surface area (Å²) in [5.41, 5.74) is 16.7. The van der Waals surface area contributed by atoms with Crippen molar-refractivity contribution in [3.8, 4) is 44.5 Å². The van der Waals surface area contributed by atoms with Crippen molar-refractivity contribution in [3.63, 3.8) is 0 Å². The molecule has 0 unspecified atom stereocenters. The molecule has 206 valence electrons. The van der Waals surface area contributed by atoms with Crippen molar-refractivity contribution in [3.05, 3.63) is 186 Å². The normalized spacial score (nSPS) is 13.7. The molecule has 0 bridgehead atoms. The second kappa shape index (κ2) is 9.53. The van der Waals surface area contributed by atoms with Gasteiger partial charge in [0.25, 0.3) is 0 Å². The number of benzene rings is 7. The lowest BCUT2D eigenvalue weighted by Gasteiger charge is -2.30. The molecule has 0 N–H and O–H groups in total. The van der Waals surface area contributed by atoms with Crippen LogP contribution < -0.4 is 0 Å². The molecule has 0 saturated heterocycles. The highest BCUT2D eigenvalue weighted by molar-refractivity contribution is 6.09. The number of fused-ring (bicyclic) bond motifs is 11. The van der Waals surface area contributed by atoms with Crippen LogP contribution in [0.1, 0.15) is 34.7 Å². The van der Waals surface area contributed by atoms with Gasteiger partial charge in [-0.15, -0.1) is 0 Å². The van der Waals surface area contributed by atoms with Crippen molar-refractivity contribution in [1.29, 1.82) is 0 Å². The van der Waals surface area contributed by atoms with Gasteiger partial charge in [-0.1, -0.05) is 152 Å². The average molecular weight is 559 g/mol. The summed E-state index contributed by atoms with van der Waals surface area (Å²) in [7, 11) is 0. The third-order valence-corrected chi connectivity index (χ3v) is 9.80. The maximum atomic E-state index is 2.53. The van der Waals surface area contributed by atoms with Crippen LogP contribution in [0.5, 0.6) is 0 Å². The van der Waals surface area contributed by atoms with Gasteiger partial charge >= 0.3 is 0 Å². The number of rotatable bonds is 3. The fourth-order valence-electron chi connectivity index (χ4n) is 8.02. The van der Waals surface area contributed by atoms with E-state index in [1.54, 1.807) is 0 Å². The molecule has 44 heavy (non-hydrogen) atoms. The summed E-state index contributed by atoms with van der Waals surface area (Å²) in [6.07, 6.45) is 4.25. The number of hydrogen-bond acceptors (Lipinski definition) is 0. The van der Waals surface area contributed by atoms with Gasteiger partial charge in [0, 0.05) is 0 Å². The highest BCUT2D eigenvalue weighted by Crippen LogP contribution is 2.63. The second-order valence-electron chi connectivity index (χ2n) is 12.0. The first-order valence-corrected chi connectivity index (χ1v) is 15.5. The van der Waals surface area contributed by atoms with E-state index < -0.39 is 0 Å². The Balaban J connectivity index is 1.42. The summed E-state index contributed by atoms with van der Waals surface area (Å²) in [6, 6.07) is 56.6. The van der Waals surface area contributed by atoms with Crippen LogP contribution in [0, 0.1) is 0 Å². The molecule has 9 rings (SSSR count). The Morgan fingerprint density at radius 2 is 0.864 bits per heavy atom. The molecule has 0 amide bonds. The summed E-state index contributed by atoms with van der Waals surface area (Å²) >= 11 is 0. The van der Waals surface area contributed by atoms with Gasteiger partial charge in [0.05, 0.1) is 5.41 Å². The van der Waals surface area contributed by atoms with E-state index in [1.165, 1.54) is 83.1 Å². The molecule has 1 spiro atoms. The highest BCUT2D eigenvalue weighted by Gasteiger charge is 2.51. The third kappa shape index (κ3) is 3.34. The van der Waals surface area contributed by atoms with E-state index in [1.807, 2.05) is 0 Å². The van der Waals surface area contributed by atoms with Gasteiger partial charge in [-0.3, -0.25) is 0 Å². The summed E-state index contributed by atoms with van der Waals surface area (Å²) in [5, 5.41) is 2.58. The lowest BCUT2D eigenvalue weighted by molar-refractivity contribution is 0.795. The highest BCUT2D eigenvalue weighted by atomic mass is 14.5. The number of hydrogen-bond donors (Lipinski definition) is 0. The van der Waals surface area contributed by atoms with Gasteiger partial charge < -0.3 is 0 Å². The quantitative estimate of drug-likeness (QED) is 0.202. The van der Waals surface area contributed by atoms with E-state index in [0.717, 1.165) is 0 Å². The first-order chi connectivity index (χ1) is 21.8. The Morgan fingerprint density at radius 1 is 0.386 bits per heavy atom. The lowest BCUT2D eigenvalue weighted by Crippen LogP contribution is -2.25. The zero-order chi connectivity index (χ0) is 29.3. The van der Waals surface area contributed by atoms with Crippen LogP contribution in [0.2, 0.25) is 0 Å². The molecule has 0 nitrogen and oxygen atoms in total. The molecule has 0 saturated carbocycles. The van der Waals surface area contributed by atoms with Crippen LogP contribution in [0.15, 0.2) is 158 Å². The fraction of sp³-hybridized carbons (Fsp3) is 0.0455. The van der Waals surface area contributed by atoms with Crippen LogP contribution in [0.3, 0.4) is 0 Å². The Hall–Kier alpha value is -5.46. The minimum Gasteiger partial charge on any atom is -0.0871 e. The van der Waals surface area contributed by atoms with Crippen molar-refractivity contribution < 1.29 is 0 Å². The largest absolute Gasteiger partial charge is 0.0871 e. The Labute approximate surface area is 258 Å². The van der Waals surface area contributed by atoms with E-state index in [0.29, 0.717) is 0 Å². The molecule has 0 fully saturated rings. The van der Waals surface area contributed by atoms with Gasteiger partial charge in [0.1, 0.15) is 0 Å². The molecule has 0 aromatic heterocycles. The minimum atomic E-state index is -0.358. The zero-order valence-corrected chi connectivity index (χ0v) is 24.6. The number of allylic oxidation sites excluding steroid dienone is 1. The summed E-state index contributed by atoms with van der Waals surface area (Å²) in [4.78, 5) is 0. The van der Waals surface area contributed by atoms with Gasteiger partial charge in [0.2, 0.25) is 0 Å². The van der Waals surface area contributed by atoms with Gasteiger partial charge in [-0.2, -0.15) is 0 Å². The maximum absolute atomic E-state index is 2.53. The first kappa shape index (κ1) is 25.1. The van der Waals surface area contributed by atoms with Gasteiger partial charge in [-0.25, -0.2) is 0 Å². The first-order valence-electron chi connectivity index (χ1n) is 15.5. The predicted octanol–water partition coefficient (Wildman–Crippen LogP) is 11.6. The van der Waals surface area contributed by atoms with Gasteiger partial charge in [-0.05, 0) is 102 Å². The fourth-order valence-corrected chi connectivity index (χ4v) is 8.02. The van der Waals surface area contributed by atoms with Crippen LogP contribution in [0.4, 0.5) is 0 Å². The molecule has 0 aliphatic heterocycles. The average Bonchev–Trinajstić information content (AvgIpc) is 3.55. The Morgan fingerprint density at radius 3 is 1.43 bits per heavy atom. The summed E-state index contributed by atoms with van der Waals surface area (Å²) < 4.78 is 0. The van der Waals surface area contributed by atoms with Crippen molar-refractivity contribution >= 4 is 16.8 Å². The zero-order valence-electron chi connectivity index (χ0n) is 24.6. The smallest absolute Gasteiger partial charge is 0.0725 e. The molecule has 0 radical (unpaired) electrons. The molecule has 0 heterocycles.